The summed E-state index contributed by atoms with van der Waals surface area (Å²) >= 11 is 25.2. The van der Waals surface area contributed by atoms with Crippen molar-refractivity contribution in [3.8, 4) is 0 Å². The summed E-state index contributed by atoms with van der Waals surface area (Å²) in [5.74, 6) is -1.86. The summed E-state index contributed by atoms with van der Waals surface area (Å²) in [6.45, 7) is 15.1. The van der Waals surface area contributed by atoms with E-state index in [0.717, 1.165) is 5.92 Å². The molecule has 0 spiro atoms. The number of hydrogen-bond acceptors (Lipinski definition) is 0. The molecule has 0 aromatic rings. The molecule has 0 atom stereocenters. The Balaban J connectivity index is -0.0000000487. The van der Waals surface area contributed by atoms with Crippen LogP contribution in [0.5, 0.6) is 0 Å². The molecule has 206 valence electrons. The van der Waals surface area contributed by atoms with E-state index in [-0.39, 0.29) is 7.43 Å². The Bertz CT molecular complexity index is 276. The molecule has 32 heavy (non-hydrogen) atoms. The quantitative estimate of drug-likeness (QED) is 0.202. The highest BCUT2D eigenvalue weighted by molar-refractivity contribution is 6.68. The maximum Gasteiger partial charge on any atom is 0.452 e. The van der Waals surface area contributed by atoms with Crippen LogP contribution in [0, 0.1) is 5.92 Å². The Kier molecular flexibility index (Phi) is 41.8. The van der Waals surface area contributed by atoms with Gasteiger partial charge in [0, 0.05) is 0 Å². The maximum atomic E-state index is 11.3. The smallest absolute Gasteiger partial charge is 0.198 e. The number of unbranched alkanes of at least 4 members (excludes halogenated alkanes) is 1. The van der Waals surface area contributed by atoms with E-state index >= 15 is 0 Å². The van der Waals surface area contributed by atoms with E-state index in [4.69, 9.17) is 0 Å². The van der Waals surface area contributed by atoms with Gasteiger partial charge in [-0.3, -0.25) is 0 Å². The van der Waals surface area contributed by atoms with Crippen molar-refractivity contribution >= 4 is 69.6 Å². The first-order valence-electron chi connectivity index (χ1n) is 8.48. The largest absolute Gasteiger partial charge is 0.452 e. The minimum absolute atomic E-state index is 0. The summed E-state index contributed by atoms with van der Waals surface area (Å²) < 4.78 is 90.5. The Morgan fingerprint density at radius 2 is 0.719 bits per heavy atom. The van der Waals surface area contributed by atoms with Crippen LogP contribution in [0.3, 0.4) is 0 Å². The molecule has 0 rings (SSSR count). The lowest BCUT2D eigenvalue weighted by atomic mass is 10.3. The third-order valence-electron chi connectivity index (χ3n) is 1.14. The first-order chi connectivity index (χ1) is 13.3. The monoisotopic (exact) mass is 618 g/mol. The van der Waals surface area contributed by atoms with E-state index in [1.54, 1.807) is 0 Å². The van der Waals surface area contributed by atoms with Crippen molar-refractivity contribution in [2.24, 2.45) is 5.92 Å². The van der Waals surface area contributed by atoms with Crippen molar-refractivity contribution in [3.05, 3.63) is 0 Å². The van der Waals surface area contributed by atoms with Crippen molar-refractivity contribution in [1.82, 2.24) is 0 Å². The van der Waals surface area contributed by atoms with Gasteiger partial charge >= 0.3 is 22.8 Å². The fourth-order valence-corrected chi connectivity index (χ4v) is 0. The van der Waals surface area contributed by atoms with E-state index in [1.165, 1.54) is 19.3 Å². The second kappa shape index (κ2) is 26.7. The fourth-order valence-electron chi connectivity index (χ4n) is 0. The van der Waals surface area contributed by atoms with E-state index < -0.39 is 26.6 Å². The van der Waals surface area contributed by atoms with Gasteiger partial charge < -0.3 is 0 Å². The Hall–Kier alpha value is 1.11. The van der Waals surface area contributed by atoms with Gasteiger partial charge in [0.15, 0.2) is 0 Å². The SMILES string of the molecule is C.CC(C)C.CCC.CCCC.FC(F)(F)C(Cl)(Cl)Cl.FC(F)(F)C(F)(Cl)Cl.FC(F)Cl. The molecule has 0 unspecified atom stereocenters. The van der Waals surface area contributed by atoms with Crippen LogP contribution in [-0.2, 0) is 0 Å². The molecule has 0 aliphatic carbocycles. The number of rotatable bonds is 1. The van der Waals surface area contributed by atoms with Crippen LogP contribution >= 0.6 is 69.6 Å². The molecule has 0 saturated carbocycles. The average molecular weight is 621 g/mol. The molecule has 0 bridgehead atoms. The normalized spacial score (nSPS) is 10.9. The second-order valence-electron chi connectivity index (χ2n) is 5.68. The van der Waals surface area contributed by atoms with Crippen LogP contribution in [0.25, 0.3) is 0 Å². The summed E-state index contributed by atoms with van der Waals surface area (Å²) in [5.41, 5.74) is 0. The van der Waals surface area contributed by atoms with Crippen molar-refractivity contribution in [1.29, 1.82) is 0 Å². The van der Waals surface area contributed by atoms with E-state index in [2.05, 4.69) is 118 Å². The van der Waals surface area contributed by atoms with Crippen LogP contribution in [-0.4, -0.2) is 26.6 Å². The maximum absolute atomic E-state index is 11.3. The molecule has 0 aliphatic heterocycles. The fraction of sp³-hybridized carbons (Fsp3) is 1.00. The molecule has 0 aromatic heterocycles. The average Bonchev–Trinajstić information content (AvgIpc) is 2.43. The van der Waals surface area contributed by atoms with Crippen molar-refractivity contribution < 1.29 is 39.5 Å². The van der Waals surface area contributed by atoms with Gasteiger partial charge in [0.25, 0.3) is 3.79 Å². The van der Waals surface area contributed by atoms with Crippen molar-refractivity contribution in [2.45, 2.75) is 102 Å². The summed E-state index contributed by atoms with van der Waals surface area (Å²) in [4.78, 5) is 0. The van der Waals surface area contributed by atoms with Crippen LogP contribution in [0.4, 0.5) is 39.5 Å². The topological polar surface area (TPSA) is 0 Å². The number of hydrogen-bond donors (Lipinski definition) is 0. The third kappa shape index (κ3) is 69.7. The van der Waals surface area contributed by atoms with Gasteiger partial charge in [0.2, 0.25) is 0 Å². The standard InChI is InChI=1S/2C4H10.C3H8.C2Cl3F3.C2Cl2F4.CHClF2.CH4/c1-4(2)3;1-3-4-2;1-3-2;2*3-1(4,5)2(6,7)8;2-1(3)4;/h4H,1-3H3;3-4H2,1-2H3;3H2,1-2H3;;;1H;1H4. The Morgan fingerprint density at radius 3 is 0.719 bits per heavy atom. The lowest BCUT2D eigenvalue weighted by Gasteiger charge is -2.13. The predicted molar refractivity (Wildman–Crippen MR) is 124 cm³/mol. The Morgan fingerprint density at radius 1 is 0.625 bits per heavy atom. The van der Waals surface area contributed by atoms with Crippen molar-refractivity contribution in [3.63, 3.8) is 0 Å². The Labute approximate surface area is 216 Å². The summed E-state index contributed by atoms with van der Waals surface area (Å²) in [6.07, 6.45) is -6.08. The minimum atomic E-state index is -5.20. The molecule has 0 amide bonds. The molecule has 0 aliphatic rings. The highest BCUT2D eigenvalue weighted by Gasteiger charge is 2.53. The molecule has 0 saturated heterocycles. The highest BCUT2D eigenvalue weighted by Crippen LogP contribution is 2.43. The molecule has 0 aromatic carbocycles. The first-order valence-corrected chi connectivity index (χ1v) is 10.8. The van der Waals surface area contributed by atoms with Gasteiger partial charge in [-0.25, -0.2) is 0 Å². The van der Waals surface area contributed by atoms with Crippen LogP contribution in [0.15, 0.2) is 0 Å². The zero-order chi connectivity index (χ0) is 27.3. The van der Waals surface area contributed by atoms with Crippen LogP contribution < -0.4 is 0 Å². The summed E-state index contributed by atoms with van der Waals surface area (Å²) in [7, 11) is 0. The van der Waals surface area contributed by atoms with Gasteiger partial charge in [0.1, 0.15) is 0 Å². The molecule has 0 nitrogen and oxygen atoms in total. The second-order valence-corrected chi connectivity index (χ2v) is 9.52. The van der Waals surface area contributed by atoms with Crippen LogP contribution in [0.2, 0.25) is 0 Å². The van der Waals surface area contributed by atoms with Gasteiger partial charge in [0.05, 0.1) is 0 Å². The first kappa shape index (κ1) is 50.1. The van der Waals surface area contributed by atoms with E-state index in [0.29, 0.717) is 0 Å². The highest BCUT2D eigenvalue weighted by atomic mass is 35.6. The lowest BCUT2D eigenvalue weighted by Crippen LogP contribution is -2.28. The van der Waals surface area contributed by atoms with Gasteiger partial charge in [-0.05, 0) is 5.92 Å². The van der Waals surface area contributed by atoms with Gasteiger partial charge in [-0.2, -0.15) is 39.5 Å². The summed E-state index contributed by atoms with van der Waals surface area (Å²) in [5, 5.41) is 0. The molecule has 0 fully saturated rings. The summed E-state index contributed by atoms with van der Waals surface area (Å²) in [6, 6.07) is 0. The van der Waals surface area contributed by atoms with Crippen molar-refractivity contribution in [2.75, 3.05) is 0 Å². The van der Waals surface area contributed by atoms with Gasteiger partial charge in [-0.1, -0.05) is 145 Å². The molecule has 15 heteroatoms. The van der Waals surface area contributed by atoms with E-state index in [9.17, 15) is 39.5 Å². The molecule has 0 radical (unpaired) electrons. The van der Waals surface area contributed by atoms with E-state index in [1.807, 2.05) is 0 Å². The minimum Gasteiger partial charge on any atom is -0.198 e. The van der Waals surface area contributed by atoms with Crippen LogP contribution in [0.1, 0.15) is 75.2 Å². The zero-order valence-electron chi connectivity index (χ0n) is 17.9. The zero-order valence-corrected chi connectivity index (χ0v) is 22.5. The number of halogens is 15. The molecule has 0 heterocycles. The third-order valence-corrected chi connectivity index (χ3v) is 2.21. The molecular formula is C17H33Cl6F9. The lowest BCUT2D eigenvalue weighted by molar-refractivity contribution is -0.170. The molecular weight excluding hydrogens is 588 g/mol. The number of alkyl halides is 15. The van der Waals surface area contributed by atoms with Gasteiger partial charge in [-0.15, -0.1) is 0 Å². The predicted octanol–water partition coefficient (Wildman–Crippen LogP) is 12.5. The molecule has 0 N–H and O–H groups in total.